The maximum atomic E-state index is 12.7. The highest BCUT2D eigenvalue weighted by Crippen LogP contribution is 2.34. The average Bonchev–Trinajstić information content (AvgIpc) is 2.94. The van der Waals surface area contributed by atoms with Crippen molar-refractivity contribution in [2.75, 3.05) is 6.54 Å². The third kappa shape index (κ3) is 4.37. The van der Waals surface area contributed by atoms with Crippen molar-refractivity contribution in [3.8, 4) is 0 Å². The van der Waals surface area contributed by atoms with E-state index in [1.807, 2.05) is 6.92 Å². The van der Waals surface area contributed by atoms with Crippen molar-refractivity contribution in [3.63, 3.8) is 0 Å². The predicted molar refractivity (Wildman–Crippen MR) is 88.7 cm³/mol. The van der Waals surface area contributed by atoms with Gasteiger partial charge in [-0.25, -0.2) is 0 Å². The molecule has 2 rings (SSSR count). The third-order valence-electron chi connectivity index (χ3n) is 2.92. The van der Waals surface area contributed by atoms with E-state index in [2.05, 4.69) is 15.8 Å². The third-order valence-corrected chi connectivity index (χ3v) is 4.41. The number of thiophene rings is 1. The number of carboxylic acid groups (broad SMARTS) is 1. The molecule has 0 atom stereocenters. The fourth-order valence-corrected chi connectivity index (χ4v) is 2.95. The fraction of sp³-hybridized carbons (Fsp3) is 0.200. The van der Waals surface area contributed by atoms with Crippen LogP contribution in [0.25, 0.3) is 0 Å². The number of carbonyl (C=O) groups is 2. The molecule has 0 aliphatic carbocycles. The molecule has 2 aromatic rings. The summed E-state index contributed by atoms with van der Waals surface area (Å²) in [6.45, 7) is 1.63. The van der Waals surface area contributed by atoms with Crippen LogP contribution in [0.4, 0.5) is 5.00 Å². The smallest absolute Gasteiger partial charge is 0.324 e. The Hall–Kier alpha value is -2.25. The predicted octanol–water partition coefficient (Wildman–Crippen LogP) is 3.87. The first kappa shape index (κ1) is 17.1. The molecule has 1 aromatic carbocycles. The molecule has 8 heteroatoms. The summed E-state index contributed by atoms with van der Waals surface area (Å²) in [6, 6.07) is 8.55. The Balaban J connectivity index is 2.30. The van der Waals surface area contributed by atoms with E-state index in [1.165, 1.54) is 11.3 Å². The Morgan fingerprint density at radius 3 is 2.70 bits per heavy atom. The lowest BCUT2D eigenvalue weighted by Crippen LogP contribution is -2.16. The number of hydrogen-bond donors (Lipinski definition) is 2. The molecule has 0 bridgehead atoms. The summed E-state index contributed by atoms with van der Waals surface area (Å²) in [5.74, 6) is -1.28. The minimum atomic E-state index is -1.04. The van der Waals surface area contributed by atoms with E-state index >= 15 is 0 Å². The maximum absolute atomic E-state index is 12.7. The minimum Gasteiger partial charge on any atom is -0.480 e. The Bertz CT molecular complexity index is 758. The van der Waals surface area contributed by atoms with Crippen LogP contribution in [0.3, 0.4) is 0 Å². The lowest BCUT2D eigenvalue weighted by Gasteiger charge is -2.02. The van der Waals surface area contributed by atoms with Crippen LogP contribution in [-0.2, 0) is 11.2 Å². The van der Waals surface area contributed by atoms with Gasteiger partial charge >= 0.3 is 5.97 Å². The Kier molecular flexibility index (Phi) is 5.84. The van der Waals surface area contributed by atoms with Crippen LogP contribution in [0.1, 0.15) is 27.7 Å². The second-order valence-corrected chi connectivity index (χ2v) is 6.05. The number of aliphatic carboxylic acids is 1. The molecular weight excluding hydrogens is 338 g/mol. The Morgan fingerprint density at radius 2 is 2.04 bits per heavy atom. The van der Waals surface area contributed by atoms with Crippen molar-refractivity contribution in [1.29, 1.82) is 0 Å². The van der Waals surface area contributed by atoms with Gasteiger partial charge in [0, 0.05) is 10.4 Å². The van der Waals surface area contributed by atoms with Gasteiger partial charge in [-0.15, -0.1) is 16.5 Å². The van der Waals surface area contributed by atoms with Gasteiger partial charge in [0.2, 0.25) is 0 Å². The van der Waals surface area contributed by atoms with Gasteiger partial charge in [0.05, 0.1) is 10.6 Å². The number of ketones is 1. The van der Waals surface area contributed by atoms with E-state index < -0.39 is 5.97 Å². The highest BCUT2D eigenvalue weighted by molar-refractivity contribution is 7.16. The first-order valence-corrected chi connectivity index (χ1v) is 7.99. The van der Waals surface area contributed by atoms with Crippen LogP contribution in [0.15, 0.2) is 40.7 Å². The summed E-state index contributed by atoms with van der Waals surface area (Å²) in [4.78, 5) is 24.1. The SMILES string of the molecule is CCc1cc(C(=O)c2ccccc2Cl)c(N=NNCC(=O)O)s1. The molecule has 0 aliphatic heterocycles. The number of carbonyl (C=O) groups excluding carboxylic acids is 1. The van der Waals surface area contributed by atoms with Gasteiger partial charge in [-0.3, -0.25) is 15.0 Å². The second kappa shape index (κ2) is 7.85. The molecule has 1 heterocycles. The number of nitrogens with one attached hydrogen (secondary N) is 1. The first-order chi connectivity index (χ1) is 11.0. The number of hydrogen-bond acceptors (Lipinski definition) is 5. The molecule has 0 saturated carbocycles. The van der Waals surface area contributed by atoms with E-state index in [1.54, 1.807) is 30.3 Å². The Morgan fingerprint density at radius 1 is 1.30 bits per heavy atom. The monoisotopic (exact) mass is 351 g/mol. The molecule has 0 spiro atoms. The molecule has 6 nitrogen and oxygen atoms in total. The van der Waals surface area contributed by atoms with Gasteiger partial charge in [0.1, 0.15) is 6.54 Å². The zero-order chi connectivity index (χ0) is 16.8. The van der Waals surface area contributed by atoms with Gasteiger partial charge < -0.3 is 5.11 Å². The summed E-state index contributed by atoms with van der Waals surface area (Å²) < 4.78 is 0. The topological polar surface area (TPSA) is 91.1 Å². The molecule has 0 unspecified atom stereocenters. The number of aryl methyl sites for hydroxylation is 1. The summed E-state index contributed by atoms with van der Waals surface area (Å²) in [6.07, 6.45) is 0.755. The molecule has 0 radical (unpaired) electrons. The van der Waals surface area contributed by atoms with Crippen molar-refractivity contribution >= 4 is 39.7 Å². The standard InChI is InChI=1S/C15H14ClN3O3S/c1-2-9-7-11(14(22)10-5-3-4-6-12(10)16)15(23-9)18-19-17-8-13(20)21/h3-7H,2,8H2,1H3,(H,17,18)(H,20,21). The summed E-state index contributed by atoms with van der Waals surface area (Å²) in [5, 5.41) is 16.9. The van der Waals surface area contributed by atoms with Crippen LogP contribution >= 0.6 is 22.9 Å². The van der Waals surface area contributed by atoms with Gasteiger partial charge in [-0.2, -0.15) is 0 Å². The Labute approximate surface area is 141 Å². The minimum absolute atomic E-state index is 0.237. The molecule has 0 amide bonds. The van der Waals surface area contributed by atoms with Crippen molar-refractivity contribution in [1.82, 2.24) is 5.43 Å². The van der Waals surface area contributed by atoms with Crippen LogP contribution in [0, 0.1) is 0 Å². The number of benzene rings is 1. The van der Waals surface area contributed by atoms with Crippen molar-refractivity contribution in [2.24, 2.45) is 10.3 Å². The van der Waals surface area contributed by atoms with Gasteiger partial charge in [0.15, 0.2) is 10.8 Å². The van der Waals surface area contributed by atoms with Crippen molar-refractivity contribution in [3.05, 3.63) is 51.4 Å². The molecule has 1 aromatic heterocycles. The van der Waals surface area contributed by atoms with Crippen LogP contribution in [-0.4, -0.2) is 23.4 Å². The highest BCUT2D eigenvalue weighted by Gasteiger charge is 2.19. The molecule has 120 valence electrons. The van der Waals surface area contributed by atoms with Crippen molar-refractivity contribution in [2.45, 2.75) is 13.3 Å². The summed E-state index contributed by atoms with van der Waals surface area (Å²) >= 11 is 7.41. The summed E-state index contributed by atoms with van der Waals surface area (Å²) in [7, 11) is 0. The molecule has 0 fully saturated rings. The molecule has 2 N–H and O–H groups in total. The number of halogens is 1. The highest BCUT2D eigenvalue weighted by atomic mass is 35.5. The number of carboxylic acids is 1. The zero-order valence-electron chi connectivity index (χ0n) is 12.2. The largest absolute Gasteiger partial charge is 0.480 e. The van der Waals surface area contributed by atoms with Crippen LogP contribution in [0.5, 0.6) is 0 Å². The molecular formula is C15H14ClN3O3S. The second-order valence-electron chi connectivity index (χ2n) is 4.52. The molecule has 0 aliphatic rings. The van der Waals surface area contributed by atoms with Crippen molar-refractivity contribution < 1.29 is 14.7 Å². The van der Waals surface area contributed by atoms with E-state index in [-0.39, 0.29) is 12.3 Å². The number of nitrogens with zero attached hydrogens (tertiary/aromatic N) is 2. The fourth-order valence-electron chi connectivity index (χ4n) is 1.82. The first-order valence-electron chi connectivity index (χ1n) is 6.80. The van der Waals surface area contributed by atoms with Gasteiger partial charge in [-0.1, -0.05) is 35.9 Å². The van der Waals surface area contributed by atoms with E-state index in [0.717, 1.165) is 11.3 Å². The lowest BCUT2D eigenvalue weighted by molar-refractivity contribution is -0.135. The molecule has 23 heavy (non-hydrogen) atoms. The van der Waals surface area contributed by atoms with Gasteiger partial charge in [-0.05, 0) is 24.6 Å². The maximum Gasteiger partial charge on any atom is 0.324 e. The zero-order valence-corrected chi connectivity index (χ0v) is 13.8. The summed E-state index contributed by atoms with van der Waals surface area (Å²) in [5.41, 5.74) is 3.10. The quantitative estimate of drug-likeness (QED) is 0.450. The van der Waals surface area contributed by atoms with E-state index in [0.29, 0.717) is 21.2 Å². The van der Waals surface area contributed by atoms with Gasteiger partial charge in [0.25, 0.3) is 0 Å². The van der Waals surface area contributed by atoms with Crippen LogP contribution in [0.2, 0.25) is 5.02 Å². The van der Waals surface area contributed by atoms with Crippen LogP contribution < -0.4 is 5.43 Å². The average molecular weight is 352 g/mol. The van der Waals surface area contributed by atoms with E-state index in [9.17, 15) is 9.59 Å². The number of rotatable bonds is 7. The lowest BCUT2D eigenvalue weighted by atomic mass is 10.0. The molecule has 0 saturated heterocycles. The normalized spacial score (nSPS) is 10.9. The van der Waals surface area contributed by atoms with E-state index in [4.69, 9.17) is 16.7 Å².